The van der Waals surface area contributed by atoms with Gasteiger partial charge in [0, 0.05) is 17.5 Å². The third-order valence-electron chi connectivity index (χ3n) is 4.50. The third-order valence-corrected chi connectivity index (χ3v) is 6.70. The Morgan fingerprint density at radius 3 is 2.19 bits per heavy atom. The minimum atomic E-state index is -3.40. The molecule has 0 radical (unpaired) electrons. The highest BCUT2D eigenvalue weighted by atomic mass is 32.2. The monoisotopic (exact) mass is 462 g/mol. The van der Waals surface area contributed by atoms with Crippen molar-refractivity contribution in [2.75, 3.05) is 16.9 Å². The summed E-state index contributed by atoms with van der Waals surface area (Å²) in [5, 5.41) is 0.228. The lowest BCUT2D eigenvalue weighted by Gasteiger charge is -2.26. The quantitative estimate of drug-likeness (QED) is 0.515. The van der Waals surface area contributed by atoms with E-state index in [1.165, 1.54) is 53.4 Å². The molecule has 0 bridgehead atoms. The number of amides is 1. The van der Waals surface area contributed by atoms with Crippen molar-refractivity contribution in [3.63, 3.8) is 0 Å². The number of nitrogen functional groups attached to an aromatic ring is 1. The maximum Gasteiger partial charge on any atom is 0.240 e. The highest BCUT2D eigenvalue weighted by Crippen LogP contribution is 2.36. The average molecular weight is 463 g/mol. The van der Waals surface area contributed by atoms with Crippen LogP contribution in [0.2, 0.25) is 0 Å². The van der Waals surface area contributed by atoms with Gasteiger partial charge in [-0.1, -0.05) is 11.3 Å². The van der Waals surface area contributed by atoms with Crippen LogP contribution in [0.15, 0.2) is 53.4 Å². The van der Waals surface area contributed by atoms with Gasteiger partial charge in [0.05, 0.1) is 4.90 Å². The number of hydrogen-bond donors (Lipinski definition) is 2. The van der Waals surface area contributed by atoms with E-state index in [4.69, 9.17) is 11.5 Å². The number of hydrogen-bond acceptors (Lipinski definition) is 8. The fourth-order valence-electron chi connectivity index (χ4n) is 2.80. The number of nitrogens with zero attached hydrogens (tertiary/aromatic N) is 2. The molecule has 0 saturated carbocycles. The van der Waals surface area contributed by atoms with Crippen molar-refractivity contribution < 1.29 is 22.4 Å². The molecule has 3 aromatic rings. The number of sulfone groups is 1. The normalized spacial score (nSPS) is 12.4. The van der Waals surface area contributed by atoms with Crippen LogP contribution in [-0.2, 0) is 14.6 Å². The maximum atomic E-state index is 13.4. The third kappa shape index (κ3) is 4.72. The molecule has 0 aliphatic carbocycles. The van der Waals surface area contributed by atoms with E-state index in [1.54, 1.807) is 6.92 Å². The maximum absolute atomic E-state index is 13.4. The van der Waals surface area contributed by atoms with Crippen LogP contribution in [0.25, 0.3) is 0 Å². The van der Waals surface area contributed by atoms with Gasteiger partial charge in [-0.15, -0.1) is 0 Å². The van der Waals surface area contributed by atoms with E-state index < -0.39 is 33.4 Å². The van der Waals surface area contributed by atoms with Crippen molar-refractivity contribution in [3.05, 3.63) is 64.8 Å². The van der Waals surface area contributed by atoms with Gasteiger partial charge in [0.25, 0.3) is 0 Å². The summed E-state index contributed by atoms with van der Waals surface area (Å²) >= 11 is 0.946. The predicted molar refractivity (Wildman–Crippen MR) is 117 cm³/mol. The van der Waals surface area contributed by atoms with E-state index in [9.17, 15) is 22.4 Å². The van der Waals surface area contributed by atoms with Crippen molar-refractivity contribution in [2.24, 2.45) is 5.73 Å². The van der Waals surface area contributed by atoms with Crippen LogP contribution in [0, 0.1) is 5.82 Å². The lowest BCUT2D eigenvalue weighted by atomic mass is 10.1. The smallest absolute Gasteiger partial charge is 0.240 e. The molecule has 0 aliphatic rings. The molecule has 2 aromatic carbocycles. The van der Waals surface area contributed by atoms with Crippen LogP contribution in [0.3, 0.4) is 0 Å². The molecule has 0 fully saturated rings. The molecule has 0 saturated heterocycles. The SMILES string of the molecule is CC(C(N)=O)N(c1ccc(F)cc1)c1nc(N)c(C(=O)c2ccc(S(C)(=O)=O)cc2)s1. The van der Waals surface area contributed by atoms with Crippen LogP contribution >= 0.6 is 11.3 Å². The summed E-state index contributed by atoms with van der Waals surface area (Å²) in [6.45, 7) is 1.55. The molecule has 3 rings (SSSR count). The second-order valence-electron chi connectivity index (χ2n) is 6.76. The number of aromatic nitrogens is 1. The van der Waals surface area contributed by atoms with Crippen molar-refractivity contribution in [1.82, 2.24) is 4.98 Å². The summed E-state index contributed by atoms with van der Waals surface area (Å²) in [4.78, 5) is 30.7. The van der Waals surface area contributed by atoms with Crippen molar-refractivity contribution in [3.8, 4) is 0 Å². The lowest BCUT2D eigenvalue weighted by Crippen LogP contribution is -2.39. The number of anilines is 3. The van der Waals surface area contributed by atoms with Crippen LogP contribution in [0.5, 0.6) is 0 Å². The summed E-state index contributed by atoms with van der Waals surface area (Å²) in [5.41, 5.74) is 12.1. The molecule has 1 atom stereocenters. The first kappa shape index (κ1) is 22.4. The van der Waals surface area contributed by atoms with Crippen LogP contribution in [0.1, 0.15) is 22.2 Å². The van der Waals surface area contributed by atoms with Crippen LogP contribution in [-0.4, -0.2) is 37.4 Å². The van der Waals surface area contributed by atoms with Gasteiger partial charge in [-0.2, -0.15) is 0 Å². The fourth-order valence-corrected chi connectivity index (χ4v) is 4.48. The van der Waals surface area contributed by atoms with E-state index in [2.05, 4.69) is 4.98 Å². The number of halogens is 1. The summed E-state index contributed by atoms with van der Waals surface area (Å²) in [6.07, 6.45) is 1.07. The average Bonchev–Trinajstić information content (AvgIpc) is 3.09. The molecule has 162 valence electrons. The van der Waals surface area contributed by atoms with Gasteiger partial charge >= 0.3 is 0 Å². The molecule has 31 heavy (non-hydrogen) atoms. The zero-order valence-electron chi connectivity index (χ0n) is 16.6. The Hall–Kier alpha value is -3.31. The molecular formula is C20H19FN4O4S2. The molecule has 1 heterocycles. The van der Waals surface area contributed by atoms with Gasteiger partial charge in [-0.05, 0) is 55.5 Å². The number of ketones is 1. The fraction of sp³-hybridized carbons (Fsp3) is 0.150. The number of primary amides is 1. The Kier molecular flexibility index (Phi) is 6.09. The predicted octanol–water partition coefficient (Wildman–Crippen LogP) is 2.51. The van der Waals surface area contributed by atoms with Gasteiger partial charge < -0.3 is 16.4 Å². The van der Waals surface area contributed by atoms with Crippen molar-refractivity contribution in [2.45, 2.75) is 17.9 Å². The number of carbonyl (C=O) groups is 2. The van der Waals surface area contributed by atoms with E-state index in [0.717, 1.165) is 17.6 Å². The first-order chi connectivity index (χ1) is 14.5. The molecule has 1 aromatic heterocycles. The first-order valence-electron chi connectivity index (χ1n) is 8.94. The van der Waals surface area contributed by atoms with Gasteiger partial charge in [-0.3, -0.25) is 9.59 Å². The molecule has 0 aliphatic heterocycles. The summed E-state index contributed by atoms with van der Waals surface area (Å²) in [7, 11) is -3.40. The minimum absolute atomic E-state index is 0.0547. The molecule has 1 amide bonds. The Labute approximate surface area is 182 Å². The highest BCUT2D eigenvalue weighted by molar-refractivity contribution is 7.90. The number of nitrogens with two attached hydrogens (primary N) is 2. The number of rotatable bonds is 7. The summed E-state index contributed by atoms with van der Waals surface area (Å²) in [6, 6.07) is 9.96. The Morgan fingerprint density at radius 1 is 1.10 bits per heavy atom. The van der Waals surface area contributed by atoms with Gasteiger partial charge in [0.1, 0.15) is 22.6 Å². The van der Waals surface area contributed by atoms with E-state index in [-0.39, 0.29) is 26.3 Å². The molecule has 8 nitrogen and oxygen atoms in total. The Balaban J connectivity index is 2.01. The second-order valence-corrected chi connectivity index (χ2v) is 9.75. The zero-order chi connectivity index (χ0) is 22.9. The Morgan fingerprint density at radius 2 is 1.68 bits per heavy atom. The largest absolute Gasteiger partial charge is 0.382 e. The van der Waals surface area contributed by atoms with Gasteiger partial charge in [0.15, 0.2) is 15.0 Å². The highest BCUT2D eigenvalue weighted by Gasteiger charge is 2.27. The number of carbonyl (C=O) groups excluding carboxylic acids is 2. The van der Waals surface area contributed by atoms with Gasteiger partial charge in [0.2, 0.25) is 11.7 Å². The Bertz CT molecular complexity index is 1240. The van der Waals surface area contributed by atoms with E-state index in [1.807, 2.05) is 0 Å². The van der Waals surface area contributed by atoms with Crippen LogP contribution < -0.4 is 16.4 Å². The summed E-state index contributed by atoms with van der Waals surface area (Å²) < 4.78 is 36.6. The topological polar surface area (TPSA) is 136 Å². The minimum Gasteiger partial charge on any atom is -0.382 e. The standard InChI is InChI=1S/C20H19FN4O4S2/c1-11(19(23)27)25(14-7-5-13(21)6-8-14)20-24-18(22)17(30-20)16(26)12-3-9-15(10-4-12)31(2,28)29/h3-11H,22H2,1-2H3,(H2,23,27). The molecule has 4 N–H and O–H groups in total. The second kappa shape index (κ2) is 8.44. The summed E-state index contributed by atoms with van der Waals surface area (Å²) in [5.74, 6) is -1.61. The molecular weight excluding hydrogens is 443 g/mol. The lowest BCUT2D eigenvalue weighted by molar-refractivity contribution is -0.118. The zero-order valence-corrected chi connectivity index (χ0v) is 18.2. The molecule has 11 heteroatoms. The molecule has 1 unspecified atom stereocenters. The van der Waals surface area contributed by atoms with Crippen molar-refractivity contribution >= 4 is 49.5 Å². The molecule has 0 spiro atoms. The number of benzene rings is 2. The van der Waals surface area contributed by atoms with Crippen molar-refractivity contribution in [1.29, 1.82) is 0 Å². The van der Waals surface area contributed by atoms with Gasteiger partial charge in [-0.25, -0.2) is 17.8 Å². The first-order valence-corrected chi connectivity index (χ1v) is 11.6. The van der Waals surface area contributed by atoms with E-state index in [0.29, 0.717) is 5.69 Å². The van der Waals surface area contributed by atoms with E-state index >= 15 is 0 Å². The number of thiazole rings is 1. The van der Waals surface area contributed by atoms with Crippen LogP contribution in [0.4, 0.5) is 21.0 Å².